The Morgan fingerprint density at radius 2 is 2.20 bits per heavy atom. The van der Waals surface area contributed by atoms with Gasteiger partial charge in [0, 0.05) is 24.0 Å². The first kappa shape index (κ1) is 16.0. The Bertz CT molecular complexity index is 577. The summed E-state index contributed by atoms with van der Waals surface area (Å²) in [5, 5.41) is 0.479. The zero-order chi connectivity index (χ0) is 14.8. The van der Waals surface area contributed by atoms with Crippen molar-refractivity contribution in [3.05, 3.63) is 28.8 Å². The Labute approximate surface area is 129 Å². The summed E-state index contributed by atoms with van der Waals surface area (Å²) in [6.45, 7) is 3.16. The minimum Gasteiger partial charge on any atom is -0.375 e. The van der Waals surface area contributed by atoms with E-state index in [0.29, 0.717) is 30.3 Å². The van der Waals surface area contributed by atoms with Gasteiger partial charge in [-0.05, 0) is 30.2 Å². The molecule has 0 radical (unpaired) electrons. The van der Waals surface area contributed by atoms with Gasteiger partial charge in [0.15, 0.2) is 0 Å². The molecule has 20 heavy (non-hydrogen) atoms. The summed E-state index contributed by atoms with van der Waals surface area (Å²) in [6.07, 6.45) is 0.748. The second kappa shape index (κ2) is 6.62. The molecule has 0 N–H and O–H groups in total. The molecule has 4 nitrogen and oxygen atoms in total. The summed E-state index contributed by atoms with van der Waals surface area (Å²) in [7, 11) is -3.52. The molecule has 1 fully saturated rings. The average molecular weight is 338 g/mol. The number of sulfonamides is 1. The van der Waals surface area contributed by atoms with Gasteiger partial charge in [0.2, 0.25) is 10.0 Å². The average Bonchev–Trinajstić information content (AvgIpc) is 2.47. The van der Waals surface area contributed by atoms with Crippen LogP contribution in [0.25, 0.3) is 0 Å². The van der Waals surface area contributed by atoms with Gasteiger partial charge in [-0.25, -0.2) is 8.42 Å². The molecule has 7 heteroatoms. The van der Waals surface area contributed by atoms with Gasteiger partial charge in [-0.15, -0.1) is 11.6 Å². The highest BCUT2D eigenvalue weighted by Crippen LogP contribution is 2.25. The van der Waals surface area contributed by atoms with Gasteiger partial charge < -0.3 is 4.74 Å². The Morgan fingerprint density at radius 1 is 1.45 bits per heavy atom. The van der Waals surface area contributed by atoms with Crippen molar-refractivity contribution >= 4 is 33.2 Å². The van der Waals surface area contributed by atoms with Crippen LogP contribution >= 0.6 is 23.2 Å². The lowest BCUT2D eigenvalue weighted by Gasteiger charge is -2.31. The molecule has 112 valence electrons. The summed E-state index contributed by atoms with van der Waals surface area (Å²) in [4.78, 5) is 0.231. The van der Waals surface area contributed by atoms with Crippen molar-refractivity contribution in [3.8, 4) is 0 Å². The number of ether oxygens (including phenoxy) is 1. The first-order valence-electron chi connectivity index (χ1n) is 6.45. The normalized spacial score (nSPS) is 21.1. The Hall–Kier alpha value is -0.330. The zero-order valence-corrected chi connectivity index (χ0v) is 13.5. The van der Waals surface area contributed by atoms with Crippen molar-refractivity contribution in [1.29, 1.82) is 0 Å². The fourth-order valence-corrected chi connectivity index (χ4v) is 4.10. The Balaban J connectivity index is 2.30. The molecule has 1 unspecified atom stereocenters. The molecule has 1 aromatic rings. The van der Waals surface area contributed by atoms with Gasteiger partial charge in [0.05, 0.1) is 17.6 Å². The van der Waals surface area contributed by atoms with Crippen LogP contribution in [0.3, 0.4) is 0 Å². The molecule has 0 aromatic heterocycles. The standard InChI is InChI=1S/C13H17Cl2NO3S/c1-2-11-9-16(5-6-19-11)20(17,18)12-3-4-13(15)10(7-12)8-14/h3-4,7,11H,2,5-6,8-9H2,1H3. The van der Waals surface area contributed by atoms with Crippen LogP contribution in [0.4, 0.5) is 0 Å². The molecule has 1 atom stereocenters. The third-order valence-electron chi connectivity index (χ3n) is 3.36. The first-order chi connectivity index (χ1) is 9.48. The molecular formula is C13H17Cl2NO3S. The van der Waals surface area contributed by atoms with Crippen LogP contribution in [0.1, 0.15) is 18.9 Å². The van der Waals surface area contributed by atoms with E-state index < -0.39 is 10.0 Å². The third kappa shape index (κ3) is 3.28. The molecule has 1 saturated heterocycles. The number of rotatable bonds is 4. The maximum absolute atomic E-state index is 12.6. The van der Waals surface area contributed by atoms with Crippen molar-refractivity contribution in [2.75, 3.05) is 19.7 Å². The molecule has 1 aromatic carbocycles. The molecular weight excluding hydrogens is 321 g/mol. The van der Waals surface area contributed by atoms with Gasteiger partial charge in [-0.1, -0.05) is 18.5 Å². The predicted molar refractivity (Wildman–Crippen MR) is 79.8 cm³/mol. The van der Waals surface area contributed by atoms with Gasteiger partial charge in [0.1, 0.15) is 0 Å². The van der Waals surface area contributed by atoms with Crippen LogP contribution in [0.5, 0.6) is 0 Å². The summed E-state index contributed by atoms with van der Waals surface area (Å²) in [6, 6.07) is 4.63. The second-order valence-corrected chi connectivity index (χ2v) is 7.26. The fraction of sp³-hybridized carbons (Fsp3) is 0.538. The van der Waals surface area contributed by atoms with Crippen molar-refractivity contribution in [3.63, 3.8) is 0 Å². The molecule has 0 spiro atoms. The molecule has 1 aliphatic heterocycles. The van der Waals surface area contributed by atoms with Crippen molar-refractivity contribution in [2.24, 2.45) is 0 Å². The van der Waals surface area contributed by atoms with E-state index in [1.54, 1.807) is 12.1 Å². The minimum atomic E-state index is -3.52. The summed E-state index contributed by atoms with van der Waals surface area (Å²) in [5.74, 6) is 0.183. The summed E-state index contributed by atoms with van der Waals surface area (Å²) in [5.41, 5.74) is 0.620. The van der Waals surface area contributed by atoms with Gasteiger partial charge >= 0.3 is 0 Å². The fourth-order valence-electron chi connectivity index (χ4n) is 2.12. The summed E-state index contributed by atoms with van der Waals surface area (Å²) >= 11 is 11.7. The van der Waals surface area contributed by atoms with Crippen LogP contribution in [0.2, 0.25) is 5.02 Å². The van der Waals surface area contributed by atoms with Crippen LogP contribution in [-0.2, 0) is 20.6 Å². The smallest absolute Gasteiger partial charge is 0.243 e. The first-order valence-corrected chi connectivity index (χ1v) is 8.80. The lowest BCUT2D eigenvalue weighted by molar-refractivity contribution is -0.00277. The minimum absolute atomic E-state index is 0.0432. The van der Waals surface area contributed by atoms with Crippen LogP contribution in [0.15, 0.2) is 23.1 Å². The highest BCUT2D eigenvalue weighted by atomic mass is 35.5. The van der Waals surface area contributed by atoms with E-state index in [0.717, 1.165) is 6.42 Å². The summed E-state index contributed by atoms with van der Waals surface area (Å²) < 4.78 is 32.2. The van der Waals surface area contributed by atoms with E-state index in [1.807, 2.05) is 6.92 Å². The van der Waals surface area contributed by atoms with E-state index >= 15 is 0 Å². The molecule has 2 rings (SSSR count). The van der Waals surface area contributed by atoms with E-state index in [1.165, 1.54) is 10.4 Å². The number of morpholine rings is 1. The molecule has 1 heterocycles. The molecule has 0 aliphatic carbocycles. The van der Waals surface area contributed by atoms with E-state index in [4.69, 9.17) is 27.9 Å². The molecule has 0 bridgehead atoms. The number of halogens is 2. The number of hydrogen-bond acceptors (Lipinski definition) is 3. The van der Waals surface area contributed by atoms with Crippen LogP contribution in [0, 0.1) is 0 Å². The number of benzene rings is 1. The second-order valence-electron chi connectivity index (χ2n) is 4.65. The van der Waals surface area contributed by atoms with Gasteiger partial charge in [-0.3, -0.25) is 0 Å². The van der Waals surface area contributed by atoms with Gasteiger partial charge in [0.25, 0.3) is 0 Å². The number of nitrogens with zero attached hydrogens (tertiary/aromatic N) is 1. The Morgan fingerprint density at radius 3 is 2.85 bits per heavy atom. The van der Waals surface area contributed by atoms with Crippen LogP contribution in [-0.4, -0.2) is 38.5 Å². The van der Waals surface area contributed by atoms with Crippen molar-refractivity contribution < 1.29 is 13.2 Å². The number of hydrogen-bond donors (Lipinski definition) is 0. The monoisotopic (exact) mass is 337 g/mol. The zero-order valence-electron chi connectivity index (χ0n) is 11.2. The predicted octanol–water partition coefficient (Wildman–Crippen LogP) is 2.88. The maximum Gasteiger partial charge on any atom is 0.243 e. The SMILES string of the molecule is CCC1CN(S(=O)(=O)c2ccc(Cl)c(CCl)c2)CCO1. The lowest BCUT2D eigenvalue weighted by atomic mass is 10.2. The van der Waals surface area contributed by atoms with E-state index in [2.05, 4.69) is 0 Å². The molecule has 0 amide bonds. The largest absolute Gasteiger partial charge is 0.375 e. The molecule has 1 aliphatic rings. The van der Waals surface area contributed by atoms with E-state index in [-0.39, 0.29) is 16.9 Å². The lowest BCUT2D eigenvalue weighted by Crippen LogP contribution is -2.45. The topological polar surface area (TPSA) is 46.6 Å². The van der Waals surface area contributed by atoms with Crippen molar-refractivity contribution in [1.82, 2.24) is 4.31 Å². The maximum atomic E-state index is 12.6. The van der Waals surface area contributed by atoms with Gasteiger partial charge in [-0.2, -0.15) is 4.31 Å². The quantitative estimate of drug-likeness (QED) is 0.793. The van der Waals surface area contributed by atoms with E-state index in [9.17, 15) is 8.42 Å². The highest BCUT2D eigenvalue weighted by Gasteiger charge is 2.30. The molecule has 0 saturated carbocycles. The van der Waals surface area contributed by atoms with Crippen molar-refractivity contribution in [2.45, 2.75) is 30.2 Å². The highest BCUT2D eigenvalue weighted by molar-refractivity contribution is 7.89. The Kier molecular flexibility index (Phi) is 5.31. The third-order valence-corrected chi connectivity index (χ3v) is 5.87. The van der Waals surface area contributed by atoms with Crippen LogP contribution < -0.4 is 0 Å². The number of alkyl halides is 1.